The van der Waals surface area contributed by atoms with Crippen molar-refractivity contribution < 1.29 is 35.9 Å². The van der Waals surface area contributed by atoms with Crippen LogP contribution in [0.2, 0.25) is 0 Å². The molecule has 0 aromatic heterocycles. The molecule has 2 amide bonds. The number of hydrogen-bond donors (Lipinski definition) is 1. The van der Waals surface area contributed by atoms with Crippen molar-refractivity contribution in [2.24, 2.45) is 5.73 Å². The zero-order valence-corrected chi connectivity index (χ0v) is 22.2. The van der Waals surface area contributed by atoms with Crippen molar-refractivity contribution in [2.75, 3.05) is 26.2 Å². The number of benzene rings is 2. The van der Waals surface area contributed by atoms with E-state index in [4.69, 9.17) is 10.5 Å². The topological polar surface area (TPSA) is 58.8 Å². The quantitative estimate of drug-likeness (QED) is 0.414. The minimum atomic E-state index is -4.94. The number of amides is 2. The lowest BCUT2D eigenvalue weighted by Gasteiger charge is -2.42. The van der Waals surface area contributed by atoms with Crippen LogP contribution in [-0.2, 0) is 17.1 Å². The molecule has 2 N–H and O–H groups in total. The summed E-state index contributed by atoms with van der Waals surface area (Å²) in [5, 5.41) is 0. The molecule has 2 aliphatic heterocycles. The Bertz CT molecular complexity index is 1070. The highest BCUT2D eigenvalue weighted by atomic mass is 35.5. The van der Waals surface area contributed by atoms with Crippen molar-refractivity contribution in [3.8, 4) is 0 Å². The molecule has 2 fully saturated rings. The molecule has 0 radical (unpaired) electrons. The van der Waals surface area contributed by atoms with Gasteiger partial charge in [-0.25, -0.2) is 4.79 Å². The summed E-state index contributed by atoms with van der Waals surface area (Å²) in [7, 11) is 0. The third-order valence-corrected chi connectivity index (χ3v) is 7.32. The van der Waals surface area contributed by atoms with Gasteiger partial charge in [0.1, 0.15) is 0 Å². The smallest absolute Gasteiger partial charge is 0.370 e. The number of ether oxygens (including phenoxy) is 1. The third-order valence-electron chi connectivity index (χ3n) is 7.32. The third kappa shape index (κ3) is 7.58. The Hall–Kier alpha value is -2.50. The van der Waals surface area contributed by atoms with Crippen molar-refractivity contribution in [2.45, 2.75) is 62.7 Å². The summed E-state index contributed by atoms with van der Waals surface area (Å²) in [6.07, 6.45) is -9.60. The molecule has 2 heterocycles. The maximum atomic E-state index is 13.4. The number of alkyl halides is 6. The highest BCUT2D eigenvalue weighted by Gasteiger charge is 2.39. The number of carbonyl (C=O) groups excluding carboxylic acids is 1. The monoisotopic (exact) mass is 579 g/mol. The molecule has 0 unspecified atom stereocenters. The van der Waals surface area contributed by atoms with Gasteiger partial charge >= 0.3 is 18.4 Å². The summed E-state index contributed by atoms with van der Waals surface area (Å²) in [4.78, 5) is 16.7. The highest BCUT2D eigenvalue weighted by molar-refractivity contribution is 5.85. The fraction of sp³-hybridized carbons (Fsp3) is 0.519. The van der Waals surface area contributed by atoms with E-state index < -0.39 is 35.7 Å². The Morgan fingerprint density at radius 3 is 1.97 bits per heavy atom. The molecule has 216 valence electrons. The fourth-order valence-corrected chi connectivity index (χ4v) is 5.13. The summed E-state index contributed by atoms with van der Waals surface area (Å²) >= 11 is 0. The standard InChI is InChI=1S/C27H31F6N3O2.ClH/c1-17(19-13-20(26(28,29)30)15-21(14-19)27(31,32)33)38-24-9-12-36(16-23(24)18-5-3-2-4-6-18)25(37)35-10-7-22(34)8-11-35;/h2-6,13-15,17,22-24H,7-12,16,34H2,1H3;1H/t17-,23+,24+;/m1./s1. The van der Waals surface area contributed by atoms with Gasteiger partial charge in [0.25, 0.3) is 0 Å². The normalized spacial score (nSPS) is 21.8. The van der Waals surface area contributed by atoms with Crippen molar-refractivity contribution in [1.82, 2.24) is 9.80 Å². The zero-order chi connectivity index (χ0) is 27.7. The lowest BCUT2D eigenvalue weighted by atomic mass is 9.87. The number of nitrogens with two attached hydrogens (primary N) is 1. The van der Waals surface area contributed by atoms with Crippen LogP contribution in [0.4, 0.5) is 31.1 Å². The first-order chi connectivity index (χ1) is 17.8. The van der Waals surface area contributed by atoms with Gasteiger partial charge in [-0.1, -0.05) is 30.3 Å². The SMILES string of the molecule is C[C@@H](O[C@H]1CCN(C(=O)N2CCC(N)CC2)C[C@H]1c1ccccc1)c1cc(C(F)(F)F)cc(C(F)(F)F)c1.Cl. The molecule has 0 aliphatic carbocycles. The second kappa shape index (κ2) is 12.3. The first-order valence-corrected chi connectivity index (χ1v) is 12.6. The fourth-order valence-electron chi connectivity index (χ4n) is 5.13. The van der Waals surface area contributed by atoms with E-state index in [1.165, 1.54) is 6.92 Å². The van der Waals surface area contributed by atoms with Crippen LogP contribution in [0.3, 0.4) is 0 Å². The number of rotatable bonds is 4. The molecule has 5 nitrogen and oxygen atoms in total. The molecule has 0 saturated carbocycles. The van der Waals surface area contributed by atoms with Gasteiger partial charge in [0.2, 0.25) is 0 Å². The maximum absolute atomic E-state index is 13.4. The van der Waals surface area contributed by atoms with Crippen molar-refractivity contribution in [1.29, 1.82) is 0 Å². The molecule has 0 spiro atoms. The number of likely N-dealkylation sites (tertiary alicyclic amines) is 2. The van der Waals surface area contributed by atoms with Gasteiger partial charge in [0.15, 0.2) is 0 Å². The Kier molecular flexibility index (Phi) is 9.82. The van der Waals surface area contributed by atoms with Gasteiger partial charge < -0.3 is 20.3 Å². The van der Waals surface area contributed by atoms with E-state index in [9.17, 15) is 31.1 Å². The first-order valence-electron chi connectivity index (χ1n) is 12.6. The number of piperidine rings is 2. The average molecular weight is 580 g/mol. The van der Waals surface area contributed by atoms with Gasteiger partial charge in [-0.15, -0.1) is 12.4 Å². The highest BCUT2D eigenvalue weighted by Crippen LogP contribution is 2.39. The van der Waals surface area contributed by atoms with Crippen molar-refractivity contribution in [3.05, 3.63) is 70.8 Å². The summed E-state index contributed by atoms with van der Waals surface area (Å²) in [6, 6.07) is 10.8. The van der Waals surface area contributed by atoms with E-state index >= 15 is 0 Å². The Labute approximate surface area is 229 Å². The number of hydrogen-bond acceptors (Lipinski definition) is 3. The number of carbonyl (C=O) groups is 1. The molecule has 3 atom stereocenters. The van der Waals surface area contributed by atoms with Gasteiger partial charge in [0.05, 0.1) is 23.3 Å². The van der Waals surface area contributed by atoms with Crippen LogP contribution in [0, 0.1) is 0 Å². The number of urea groups is 1. The van der Waals surface area contributed by atoms with Gasteiger partial charge in [-0.2, -0.15) is 26.3 Å². The predicted molar refractivity (Wildman–Crippen MR) is 137 cm³/mol. The molecule has 39 heavy (non-hydrogen) atoms. The molecule has 0 bridgehead atoms. The molecule has 2 saturated heterocycles. The Morgan fingerprint density at radius 2 is 1.44 bits per heavy atom. The van der Waals surface area contributed by atoms with E-state index in [-0.39, 0.29) is 42.0 Å². The minimum Gasteiger partial charge on any atom is -0.370 e. The molecule has 2 aliphatic rings. The first kappa shape index (κ1) is 31.0. The maximum Gasteiger partial charge on any atom is 0.416 e. The summed E-state index contributed by atoms with van der Waals surface area (Å²) in [6.45, 7) is 3.27. The molecule has 2 aromatic carbocycles. The van der Waals surface area contributed by atoms with E-state index in [1.807, 2.05) is 30.3 Å². The second-order valence-corrected chi connectivity index (χ2v) is 10.0. The number of nitrogens with zero attached hydrogens (tertiary/aromatic N) is 2. The van der Waals surface area contributed by atoms with Gasteiger partial charge in [-0.3, -0.25) is 0 Å². The van der Waals surface area contributed by atoms with E-state index in [1.54, 1.807) is 9.80 Å². The minimum absolute atomic E-state index is 0. The van der Waals surface area contributed by atoms with Crippen LogP contribution >= 0.6 is 12.4 Å². The number of halogens is 7. The second-order valence-electron chi connectivity index (χ2n) is 10.0. The average Bonchev–Trinajstić information content (AvgIpc) is 2.88. The molecule has 4 rings (SSSR count). The summed E-state index contributed by atoms with van der Waals surface area (Å²) in [5.41, 5.74) is 3.88. The van der Waals surface area contributed by atoms with Crippen LogP contribution in [0.15, 0.2) is 48.5 Å². The molecule has 12 heteroatoms. The van der Waals surface area contributed by atoms with E-state index in [0.717, 1.165) is 18.4 Å². The molecular weight excluding hydrogens is 548 g/mol. The zero-order valence-electron chi connectivity index (χ0n) is 21.3. The van der Waals surface area contributed by atoms with Crippen LogP contribution in [-0.4, -0.2) is 54.2 Å². The van der Waals surface area contributed by atoms with Gasteiger partial charge in [0, 0.05) is 38.1 Å². The van der Waals surface area contributed by atoms with Gasteiger partial charge in [-0.05, 0) is 55.5 Å². The van der Waals surface area contributed by atoms with E-state index in [0.29, 0.717) is 44.7 Å². The van der Waals surface area contributed by atoms with Crippen LogP contribution in [0.25, 0.3) is 0 Å². The van der Waals surface area contributed by atoms with Crippen LogP contribution in [0.5, 0.6) is 0 Å². The van der Waals surface area contributed by atoms with Crippen molar-refractivity contribution in [3.63, 3.8) is 0 Å². The van der Waals surface area contributed by atoms with Crippen LogP contribution in [0.1, 0.15) is 60.5 Å². The summed E-state index contributed by atoms with van der Waals surface area (Å²) in [5.74, 6) is -0.309. The molecular formula is C27H32ClF6N3O2. The van der Waals surface area contributed by atoms with Crippen LogP contribution < -0.4 is 5.73 Å². The lowest BCUT2D eigenvalue weighted by molar-refractivity contribution is -0.143. The largest absolute Gasteiger partial charge is 0.416 e. The summed E-state index contributed by atoms with van der Waals surface area (Å²) < 4.78 is 86.4. The predicted octanol–water partition coefficient (Wildman–Crippen LogP) is 6.62. The van der Waals surface area contributed by atoms with E-state index in [2.05, 4.69) is 0 Å². The van der Waals surface area contributed by atoms with Crippen molar-refractivity contribution >= 4 is 18.4 Å². The molecule has 2 aromatic rings. The Morgan fingerprint density at radius 1 is 0.897 bits per heavy atom. The lowest BCUT2D eigenvalue weighted by Crippen LogP contribution is -2.53. The Balaban J connectivity index is 0.00000420.